The highest BCUT2D eigenvalue weighted by atomic mass is 32.2. The Morgan fingerprint density at radius 1 is 1.28 bits per heavy atom. The van der Waals surface area contributed by atoms with Gasteiger partial charge in [-0.1, -0.05) is 22.9 Å². The zero-order chi connectivity index (χ0) is 17.8. The summed E-state index contributed by atoms with van der Waals surface area (Å²) < 4.78 is 38.2. The number of hydrogen-bond donors (Lipinski definition) is 1. The molecule has 0 unspecified atom stereocenters. The zero-order valence-electron chi connectivity index (χ0n) is 14.3. The van der Waals surface area contributed by atoms with Crippen LogP contribution in [0.25, 0.3) is 11.5 Å². The van der Waals surface area contributed by atoms with Crippen LogP contribution in [0.5, 0.6) is 0 Å². The van der Waals surface area contributed by atoms with E-state index in [1.807, 2.05) is 26.0 Å². The third-order valence-corrected chi connectivity index (χ3v) is 6.63. The summed E-state index contributed by atoms with van der Waals surface area (Å²) in [6.45, 7) is 4.73. The minimum atomic E-state index is -4.09. The van der Waals surface area contributed by atoms with Crippen LogP contribution in [0.1, 0.15) is 42.1 Å². The Morgan fingerprint density at radius 3 is 2.68 bits per heavy atom. The van der Waals surface area contributed by atoms with E-state index in [-0.39, 0.29) is 11.3 Å². The summed E-state index contributed by atoms with van der Waals surface area (Å²) >= 11 is 0. The summed E-state index contributed by atoms with van der Waals surface area (Å²) in [7, 11) is -4.09. The summed E-state index contributed by atoms with van der Waals surface area (Å²) in [5.41, 5.74) is 3.23. The van der Waals surface area contributed by atoms with E-state index < -0.39 is 10.3 Å². The average Bonchev–Trinajstić information content (AvgIpc) is 3.03. The first kappa shape index (κ1) is 16.7. The molecule has 1 saturated carbocycles. The molecule has 4 rings (SSSR count). The van der Waals surface area contributed by atoms with E-state index in [0.717, 1.165) is 27.4 Å². The molecule has 134 valence electrons. The number of piperidine rings is 1. The van der Waals surface area contributed by atoms with Crippen molar-refractivity contribution in [3.8, 4) is 11.5 Å². The van der Waals surface area contributed by atoms with Gasteiger partial charge in [0.1, 0.15) is 0 Å². The van der Waals surface area contributed by atoms with Crippen LogP contribution in [-0.2, 0) is 10.3 Å². The fraction of sp³-hybridized carbons (Fsp3) is 0.529. The molecule has 1 aliphatic carbocycles. The summed E-state index contributed by atoms with van der Waals surface area (Å²) in [6, 6.07) is 6.13. The predicted molar refractivity (Wildman–Crippen MR) is 91.4 cm³/mol. The van der Waals surface area contributed by atoms with Gasteiger partial charge in [0.2, 0.25) is 0 Å². The van der Waals surface area contributed by atoms with Gasteiger partial charge in [-0.25, -0.2) is 0 Å². The molecule has 8 heteroatoms. The molecule has 1 aromatic heterocycles. The van der Waals surface area contributed by atoms with Crippen molar-refractivity contribution in [2.45, 2.75) is 39.0 Å². The van der Waals surface area contributed by atoms with E-state index in [1.54, 1.807) is 0 Å². The van der Waals surface area contributed by atoms with E-state index in [1.165, 1.54) is 0 Å². The van der Waals surface area contributed by atoms with Gasteiger partial charge in [0.05, 0.1) is 0 Å². The SMILES string of the molecule is Cc1ccc(C)c(-c2nc([C@@H]3CC34CCN(S(=O)(=O)O)CC4)no2)c1. The molecule has 1 spiro atoms. The number of benzene rings is 1. The smallest absolute Gasteiger partial charge is 0.334 e. The third-order valence-electron chi connectivity index (χ3n) is 5.61. The van der Waals surface area contributed by atoms with Crippen LogP contribution < -0.4 is 0 Å². The van der Waals surface area contributed by atoms with Crippen molar-refractivity contribution in [1.29, 1.82) is 0 Å². The molecule has 0 amide bonds. The van der Waals surface area contributed by atoms with Gasteiger partial charge in [0.15, 0.2) is 5.82 Å². The molecular formula is C17H21N3O4S. The van der Waals surface area contributed by atoms with Crippen molar-refractivity contribution in [3.05, 3.63) is 35.2 Å². The Labute approximate surface area is 146 Å². The highest BCUT2D eigenvalue weighted by Gasteiger charge is 2.58. The van der Waals surface area contributed by atoms with Gasteiger partial charge in [-0.05, 0) is 50.2 Å². The Hall–Kier alpha value is -1.77. The van der Waals surface area contributed by atoms with Gasteiger partial charge in [0.25, 0.3) is 5.89 Å². The van der Waals surface area contributed by atoms with Crippen molar-refractivity contribution in [1.82, 2.24) is 14.4 Å². The average molecular weight is 363 g/mol. The zero-order valence-corrected chi connectivity index (χ0v) is 15.1. The van der Waals surface area contributed by atoms with Crippen molar-refractivity contribution in [3.63, 3.8) is 0 Å². The summed E-state index contributed by atoms with van der Waals surface area (Å²) in [4.78, 5) is 4.60. The van der Waals surface area contributed by atoms with Crippen molar-refractivity contribution >= 4 is 10.3 Å². The molecule has 0 radical (unpaired) electrons. The molecule has 2 aliphatic rings. The monoisotopic (exact) mass is 363 g/mol. The van der Waals surface area contributed by atoms with Gasteiger partial charge in [-0.3, -0.25) is 4.55 Å². The molecule has 1 atom stereocenters. The first-order chi connectivity index (χ1) is 11.8. The molecule has 2 heterocycles. The fourth-order valence-corrected chi connectivity index (χ4v) is 4.52. The standard InChI is InChI=1S/C17H21N3O4S/c1-11-3-4-12(2)13(9-11)16-18-15(19-24-16)14-10-17(14)5-7-20(8-6-17)25(21,22)23/h3-4,9,14H,5-8,10H2,1-2H3,(H,21,22,23)/t14-/m0/s1. The number of hydrogen-bond acceptors (Lipinski definition) is 5. The van der Waals surface area contributed by atoms with Crippen molar-refractivity contribution in [2.24, 2.45) is 5.41 Å². The second-order valence-corrected chi connectivity index (χ2v) is 8.68. The molecule has 2 fully saturated rings. The summed E-state index contributed by atoms with van der Waals surface area (Å²) in [6.07, 6.45) is 2.37. The first-order valence-electron chi connectivity index (χ1n) is 8.42. The van der Waals surface area contributed by atoms with Crippen LogP contribution in [0, 0.1) is 19.3 Å². The normalized spacial score (nSPS) is 23.1. The number of aryl methyl sites for hydroxylation is 2. The molecule has 1 aliphatic heterocycles. The molecule has 1 saturated heterocycles. The summed E-state index contributed by atoms with van der Waals surface area (Å²) in [5.74, 6) is 1.45. The van der Waals surface area contributed by atoms with Crippen LogP contribution in [0.3, 0.4) is 0 Å². The highest BCUT2D eigenvalue weighted by molar-refractivity contribution is 7.83. The van der Waals surface area contributed by atoms with Gasteiger partial charge < -0.3 is 4.52 Å². The lowest BCUT2D eigenvalue weighted by molar-refractivity contribution is 0.233. The van der Waals surface area contributed by atoms with Gasteiger partial charge >= 0.3 is 10.3 Å². The molecule has 1 aromatic carbocycles. The van der Waals surface area contributed by atoms with Crippen molar-refractivity contribution in [2.75, 3.05) is 13.1 Å². The van der Waals surface area contributed by atoms with E-state index in [2.05, 4.69) is 16.2 Å². The lowest BCUT2D eigenvalue weighted by Gasteiger charge is -2.29. The quantitative estimate of drug-likeness (QED) is 0.842. The number of aromatic nitrogens is 2. The number of rotatable bonds is 3. The van der Waals surface area contributed by atoms with E-state index in [9.17, 15) is 8.42 Å². The maximum Gasteiger partial charge on any atom is 0.335 e. The third kappa shape index (κ3) is 2.98. The van der Waals surface area contributed by atoms with E-state index in [4.69, 9.17) is 9.08 Å². The lowest BCUT2D eigenvalue weighted by Crippen LogP contribution is -2.39. The highest BCUT2D eigenvalue weighted by Crippen LogP contribution is 2.64. The van der Waals surface area contributed by atoms with Crippen LogP contribution in [0.15, 0.2) is 22.7 Å². The Bertz CT molecular complexity index is 914. The van der Waals surface area contributed by atoms with E-state index in [0.29, 0.717) is 37.6 Å². The maximum atomic E-state index is 11.2. The minimum absolute atomic E-state index is 0.0456. The molecule has 0 bridgehead atoms. The van der Waals surface area contributed by atoms with Gasteiger partial charge in [-0.2, -0.15) is 17.7 Å². The fourth-order valence-electron chi connectivity index (χ4n) is 3.88. The predicted octanol–water partition coefficient (Wildman–Crippen LogP) is 2.73. The Morgan fingerprint density at radius 2 is 2.00 bits per heavy atom. The number of nitrogens with zero attached hydrogens (tertiary/aromatic N) is 3. The van der Waals surface area contributed by atoms with Crippen LogP contribution in [-0.4, -0.2) is 40.5 Å². The van der Waals surface area contributed by atoms with Crippen LogP contribution in [0.2, 0.25) is 0 Å². The molecule has 1 N–H and O–H groups in total. The second-order valence-electron chi connectivity index (χ2n) is 7.27. The first-order valence-corrected chi connectivity index (χ1v) is 9.82. The Kier molecular flexibility index (Phi) is 3.75. The second kappa shape index (κ2) is 5.62. The van der Waals surface area contributed by atoms with Crippen LogP contribution in [0.4, 0.5) is 0 Å². The van der Waals surface area contributed by atoms with Gasteiger partial charge in [-0.15, -0.1) is 0 Å². The Balaban J connectivity index is 1.51. The van der Waals surface area contributed by atoms with Gasteiger partial charge in [0, 0.05) is 24.6 Å². The van der Waals surface area contributed by atoms with E-state index >= 15 is 0 Å². The lowest BCUT2D eigenvalue weighted by atomic mass is 9.92. The van der Waals surface area contributed by atoms with Crippen LogP contribution >= 0.6 is 0 Å². The molecule has 2 aromatic rings. The molecule has 25 heavy (non-hydrogen) atoms. The summed E-state index contributed by atoms with van der Waals surface area (Å²) in [5, 5.41) is 4.18. The molecule has 7 nitrogen and oxygen atoms in total. The molecular weight excluding hydrogens is 342 g/mol. The maximum absolute atomic E-state index is 11.2. The minimum Gasteiger partial charge on any atom is -0.334 e. The van der Waals surface area contributed by atoms with Crippen molar-refractivity contribution < 1.29 is 17.5 Å². The largest absolute Gasteiger partial charge is 0.335 e. The topological polar surface area (TPSA) is 96.5 Å².